The van der Waals surface area contributed by atoms with Gasteiger partial charge in [-0.2, -0.15) is 0 Å². The molecule has 1 fully saturated rings. The molecule has 6 heteroatoms. The van der Waals surface area contributed by atoms with Gasteiger partial charge in [0.1, 0.15) is 11.4 Å². The van der Waals surface area contributed by atoms with E-state index >= 15 is 0 Å². The summed E-state index contributed by atoms with van der Waals surface area (Å²) in [6.07, 6.45) is 6.81. The van der Waals surface area contributed by atoms with E-state index in [0.29, 0.717) is 24.2 Å². The van der Waals surface area contributed by atoms with Crippen LogP contribution < -0.4 is 10.1 Å². The van der Waals surface area contributed by atoms with Crippen molar-refractivity contribution in [2.24, 2.45) is 0 Å². The molecule has 1 aliphatic heterocycles. The van der Waals surface area contributed by atoms with Gasteiger partial charge in [0.2, 0.25) is 5.95 Å². The highest BCUT2D eigenvalue weighted by molar-refractivity contribution is 5.92. The Labute approximate surface area is 161 Å². The number of likely N-dealkylation sites (tertiary alicyclic amines) is 1. The van der Waals surface area contributed by atoms with Gasteiger partial charge in [0.15, 0.2) is 0 Å². The van der Waals surface area contributed by atoms with Crippen molar-refractivity contribution in [3.05, 3.63) is 47.8 Å². The second-order valence-corrected chi connectivity index (χ2v) is 6.85. The van der Waals surface area contributed by atoms with E-state index in [2.05, 4.69) is 28.3 Å². The third-order valence-corrected chi connectivity index (χ3v) is 5.06. The van der Waals surface area contributed by atoms with Crippen LogP contribution in [0.1, 0.15) is 48.7 Å². The predicted molar refractivity (Wildman–Crippen MR) is 106 cm³/mol. The van der Waals surface area contributed by atoms with Gasteiger partial charge in [-0.3, -0.25) is 4.79 Å². The summed E-state index contributed by atoms with van der Waals surface area (Å²) in [4.78, 5) is 23.6. The highest BCUT2D eigenvalue weighted by Gasteiger charge is 2.27. The first-order valence-corrected chi connectivity index (χ1v) is 9.72. The van der Waals surface area contributed by atoms with Crippen molar-refractivity contribution < 1.29 is 9.53 Å². The minimum absolute atomic E-state index is 0.0137. The van der Waals surface area contributed by atoms with Crippen molar-refractivity contribution >= 4 is 11.9 Å². The molecule has 1 unspecified atom stereocenters. The average Bonchev–Trinajstić information content (AvgIpc) is 2.73. The maximum atomic E-state index is 12.9. The molecule has 1 amide bonds. The van der Waals surface area contributed by atoms with Crippen molar-refractivity contribution in [1.29, 1.82) is 0 Å². The van der Waals surface area contributed by atoms with Crippen LogP contribution in [0.15, 0.2) is 36.5 Å². The summed E-state index contributed by atoms with van der Waals surface area (Å²) in [6, 6.07) is 10.0. The molecule has 0 spiro atoms. The monoisotopic (exact) mass is 368 g/mol. The number of carbonyl (C=O) groups excluding carboxylic acids is 1. The molecule has 1 saturated heterocycles. The number of ether oxygens (including phenoxy) is 1. The Bertz CT molecular complexity index is 765. The van der Waals surface area contributed by atoms with E-state index in [1.54, 1.807) is 19.4 Å². The number of hydrogen-bond acceptors (Lipinski definition) is 5. The number of methoxy groups -OCH3 is 1. The molecule has 0 saturated carbocycles. The number of rotatable bonds is 7. The fourth-order valence-electron chi connectivity index (χ4n) is 3.55. The minimum atomic E-state index is 0.0137. The molecule has 2 aromatic rings. The SMILES string of the molecule is CCC1CCCCN1C(=O)c1ccnc(NCCc2cccc(OC)c2)n1. The van der Waals surface area contributed by atoms with Crippen LogP contribution in [-0.4, -0.2) is 47.0 Å². The number of carbonyl (C=O) groups is 1. The van der Waals surface area contributed by atoms with E-state index < -0.39 is 0 Å². The average molecular weight is 368 g/mol. The summed E-state index contributed by atoms with van der Waals surface area (Å²) < 4.78 is 5.25. The molecule has 1 aromatic carbocycles. The topological polar surface area (TPSA) is 67.4 Å². The number of benzene rings is 1. The van der Waals surface area contributed by atoms with E-state index in [4.69, 9.17) is 4.74 Å². The van der Waals surface area contributed by atoms with Gasteiger partial charge in [0.05, 0.1) is 7.11 Å². The van der Waals surface area contributed by atoms with Gasteiger partial charge in [0, 0.05) is 25.3 Å². The fraction of sp³-hybridized carbons (Fsp3) is 0.476. The summed E-state index contributed by atoms with van der Waals surface area (Å²) in [5, 5.41) is 3.22. The first-order chi connectivity index (χ1) is 13.2. The van der Waals surface area contributed by atoms with Crippen LogP contribution in [0, 0.1) is 0 Å². The number of nitrogens with one attached hydrogen (secondary N) is 1. The van der Waals surface area contributed by atoms with E-state index in [-0.39, 0.29) is 5.91 Å². The van der Waals surface area contributed by atoms with Gasteiger partial charge in [-0.1, -0.05) is 19.1 Å². The third-order valence-electron chi connectivity index (χ3n) is 5.06. The molecule has 0 radical (unpaired) electrons. The van der Waals surface area contributed by atoms with Gasteiger partial charge in [-0.05, 0) is 55.9 Å². The first-order valence-electron chi connectivity index (χ1n) is 9.72. The van der Waals surface area contributed by atoms with Crippen molar-refractivity contribution in [2.45, 2.75) is 45.1 Å². The second-order valence-electron chi connectivity index (χ2n) is 6.85. The Balaban J connectivity index is 1.60. The molecular formula is C21H28N4O2. The highest BCUT2D eigenvalue weighted by Crippen LogP contribution is 2.21. The maximum absolute atomic E-state index is 12.9. The lowest BCUT2D eigenvalue weighted by molar-refractivity contribution is 0.0602. The van der Waals surface area contributed by atoms with Crippen LogP contribution >= 0.6 is 0 Å². The van der Waals surface area contributed by atoms with E-state index in [0.717, 1.165) is 38.0 Å². The zero-order valence-corrected chi connectivity index (χ0v) is 16.1. The molecule has 27 heavy (non-hydrogen) atoms. The Kier molecular flexibility index (Phi) is 6.63. The lowest BCUT2D eigenvalue weighted by atomic mass is 9.99. The number of amides is 1. The van der Waals surface area contributed by atoms with E-state index in [1.165, 1.54) is 12.0 Å². The van der Waals surface area contributed by atoms with Crippen LogP contribution in [0.4, 0.5) is 5.95 Å². The lowest BCUT2D eigenvalue weighted by Crippen LogP contribution is -2.43. The summed E-state index contributed by atoms with van der Waals surface area (Å²) in [5.41, 5.74) is 1.64. The van der Waals surface area contributed by atoms with E-state index in [1.807, 2.05) is 23.1 Å². The minimum Gasteiger partial charge on any atom is -0.497 e. The van der Waals surface area contributed by atoms with Crippen molar-refractivity contribution in [1.82, 2.24) is 14.9 Å². The number of aromatic nitrogens is 2. The second kappa shape index (κ2) is 9.35. The molecule has 6 nitrogen and oxygen atoms in total. The molecule has 2 heterocycles. The van der Waals surface area contributed by atoms with Crippen LogP contribution in [0.5, 0.6) is 5.75 Å². The molecule has 1 N–H and O–H groups in total. The van der Waals surface area contributed by atoms with E-state index in [9.17, 15) is 4.79 Å². The first kappa shape index (κ1) is 19.1. The lowest BCUT2D eigenvalue weighted by Gasteiger charge is -2.35. The van der Waals surface area contributed by atoms with Gasteiger partial charge < -0.3 is 15.0 Å². The molecular weight excluding hydrogens is 340 g/mol. The van der Waals surface area contributed by atoms with Crippen molar-refractivity contribution in [2.75, 3.05) is 25.5 Å². The number of hydrogen-bond donors (Lipinski definition) is 1. The van der Waals surface area contributed by atoms with Gasteiger partial charge in [0.25, 0.3) is 5.91 Å². The Morgan fingerprint density at radius 1 is 1.33 bits per heavy atom. The molecule has 0 aliphatic carbocycles. The van der Waals surface area contributed by atoms with Crippen LogP contribution in [0.3, 0.4) is 0 Å². The Morgan fingerprint density at radius 3 is 3.04 bits per heavy atom. The Hall–Kier alpha value is -2.63. The van der Waals surface area contributed by atoms with Crippen LogP contribution in [0.2, 0.25) is 0 Å². The molecule has 1 aromatic heterocycles. The molecule has 1 aliphatic rings. The van der Waals surface area contributed by atoms with Crippen LogP contribution in [-0.2, 0) is 6.42 Å². The summed E-state index contributed by atoms with van der Waals surface area (Å²) in [7, 11) is 1.67. The number of piperidine rings is 1. The maximum Gasteiger partial charge on any atom is 0.272 e. The number of nitrogens with zero attached hydrogens (tertiary/aromatic N) is 3. The summed E-state index contributed by atoms with van der Waals surface area (Å²) >= 11 is 0. The Morgan fingerprint density at radius 2 is 2.22 bits per heavy atom. The predicted octanol–water partition coefficient (Wildman–Crippen LogP) is 3.54. The quantitative estimate of drug-likeness (QED) is 0.810. The molecule has 1 atom stereocenters. The summed E-state index contributed by atoms with van der Waals surface area (Å²) in [6.45, 7) is 3.65. The largest absolute Gasteiger partial charge is 0.497 e. The normalized spacial score (nSPS) is 16.8. The number of anilines is 1. The standard InChI is InChI=1S/C21H28N4O2/c1-3-17-8-4-5-14-25(17)20(26)19-11-13-23-21(24-19)22-12-10-16-7-6-9-18(15-16)27-2/h6-7,9,11,13,15,17H,3-5,8,10,12,14H2,1-2H3,(H,22,23,24). The smallest absolute Gasteiger partial charge is 0.272 e. The molecule has 3 rings (SSSR count). The highest BCUT2D eigenvalue weighted by atomic mass is 16.5. The summed E-state index contributed by atoms with van der Waals surface area (Å²) in [5.74, 6) is 1.36. The van der Waals surface area contributed by atoms with Crippen molar-refractivity contribution in [3.8, 4) is 5.75 Å². The zero-order valence-electron chi connectivity index (χ0n) is 16.1. The van der Waals surface area contributed by atoms with Gasteiger partial charge in [-0.25, -0.2) is 9.97 Å². The van der Waals surface area contributed by atoms with Crippen LogP contribution in [0.25, 0.3) is 0 Å². The third kappa shape index (κ3) is 4.96. The molecule has 0 bridgehead atoms. The molecule has 144 valence electrons. The zero-order chi connectivity index (χ0) is 19.1. The fourth-order valence-corrected chi connectivity index (χ4v) is 3.55. The van der Waals surface area contributed by atoms with Gasteiger partial charge >= 0.3 is 0 Å². The van der Waals surface area contributed by atoms with Gasteiger partial charge in [-0.15, -0.1) is 0 Å². The van der Waals surface area contributed by atoms with Crippen molar-refractivity contribution in [3.63, 3.8) is 0 Å².